The van der Waals surface area contributed by atoms with Crippen LogP contribution in [-0.2, 0) is 0 Å². The van der Waals surface area contributed by atoms with Crippen molar-refractivity contribution < 1.29 is 14.3 Å². The van der Waals surface area contributed by atoms with Crippen LogP contribution in [0.1, 0.15) is 93.0 Å². The van der Waals surface area contributed by atoms with Gasteiger partial charge < -0.3 is 5.11 Å². The summed E-state index contributed by atoms with van der Waals surface area (Å²) in [4.78, 5) is 11.0. The molecule has 1 N–H and O–H groups in total. The number of rotatable bonds is 6. The molecule has 0 saturated heterocycles. The number of carboxylic acids is 1. The summed E-state index contributed by atoms with van der Waals surface area (Å²) >= 11 is 0. The zero-order valence-corrected chi connectivity index (χ0v) is 15.3. The van der Waals surface area contributed by atoms with Crippen LogP contribution < -0.4 is 0 Å². The number of halogens is 1. The second kappa shape index (κ2) is 8.33. The van der Waals surface area contributed by atoms with Gasteiger partial charge in [0, 0.05) is 0 Å². The largest absolute Gasteiger partial charge is 0.478 e. The van der Waals surface area contributed by atoms with E-state index in [9.17, 15) is 9.18 Å². The molecule has 2 aliphatic rings. The first-order valence-corrected chi connectivity index (χ1v) is 10.1. The summed E-state index contributed by atoms with van der Waals surface area (Å²) < 4.78 is 14.4. The van der Waals surface area contributed by atoms with Crippen LogP contribution in [0.3, 0.4) is 0 Å². The molecule has 3 rings (SSSR count). The molecule has 0 heterocycles. The minimum absolute atomic E-state index is 0.0440. The summed E-state index contributed by atoms with van der Waals surface area (Å²) in [5.41, 5.74) is 0.774. The number of unbranched alkanes of at least 4 members (excludes halogenated alkanes) is 2. The molecule has 2 aliphatic carbocycles. The highest BCUT2D eigenvalue weighted by atomic mass is 19.1. The molecule has 138 valence electrons. The van der Waals surface area contributed by atoms with Gasteiger partial charge >= 0.3 is 5.97 Å². The second-order valence-electron chi connectivity index (χ2n) is 8.25. The monoisotopic (exact) mass is 346 g/mol. The first-order valence-electron chi connectivity index (χ1n) is 10.1. The Kier molecular flexibility index (Phi) is 6.14. The second-order valence-corrected chi connectivity index (χ2v) is 8.25. The van der Waals surface area contributed by atoms with E-state index in [0.717, 1.165) is 36.2 Å². The van der Waals surface area contributed by atoms with Crippen molar-refractivity contribution in [3.8, 4) is 0 Å². The molecule has 0 radical (unpaired) electrons. The van der Waals surface area contributed by atoms with Crippen LogP contribution in [0, 0.1) is 23.6 Å². The summed E-state index contributed by atoms with van der Waals surface area (Å²) in [5, 5.41) is 9.00. The number of hydrogen-bond acceptors (Lipinski definition) is 1. The van der Waals surface area contributed by atoms with Crippen LogP contribution in [0.15, 0.2) is 18.2 Å². The van der Waals surface area contributed by atoms with Gasteiger partial charge in [-0.3, -0.25) is 0 Å². The van der Waals surface area contributed by atoms with Gasteiger partial charge in [-0.2, -0.15) is 0 Å². The Labute approximate surface area is 150 Å². The zero-order valence-electron chi connectivity index (χ0n) is 15.3. The van der Waals surface area contributed by atoms with E-state index < -0.39 is 5.97 Å². The molecule has 1 aromatic carbocycles. The Balaban J connectivity index is 1.58. The van der Waals surface area contributed by atoms with Crippen molar-refractivity contribution in [3.63, 3.8) is 0 Å². The van der Waals surface area contributed by atoms with Gasteiger partial charge in [0.25, 0.3) is 0 Å². The molecule has 3 heteroatoms. The number of carboxylic acid groups (broad SMARTS) is 1. The van der Waals surface area contributed by atoms with Gasteiger partial charge in [0.15, 0.2) is 0 Å². The van der Waals surface area contributed by atoms with Crippen LogP contribution in [0.4, 0.5) is 4.39 Å². The van der Waals surface area contributed by atoms with Crippen molar-refractivity contribution in [2.75, 3.05) is 0 Å². The maximum Gasteiger partial charge on any atom is 0.335 e. The third-order valence-corrected chi connectivity index (χ3v) is 6.62. The van der Waals surface area contributed by atoms with Gasteiger partial charge in [0.05, 0.1) is 5.56 Å². The van der Waals surface area contributed by atoms with Crippen molar-refractivity contribution in [1.29, 1.82) is 0 Å². The van der Waals surface area contributed by atoms with E-state index in [1.165, 1.54) is 57.4 Å². The first-order chi connectivity index (χ1) is 12.1. The SMILES string of the molecule is CCCCC[C@H]1CC[C@@H]2CC(c3ccc(C(=O)O)cc3F)CC[C@H]2C1. The molecule has 0 spiro atoms. The first kappa shape index (κ1) is 18.4. The minimum Gasteiger partial charge on any atom is -0.478 e. The molecule has 0 amide bonds. The fourth-order valence-electron chi connectivity index (χ4n) is 5.21. The lowest BCUT2D eigenvalue weighted by Gasteiger charge is -2.42. The van der Waals surface area contributed by atoms with Crippen molar-refractivity contribution in [3.05, 3.63) is 35.1 Å². The van der Waals surface area contributed by atoms with Crippen LogP contribution in [0.5, 0.6) is 0 Å². The third kappa shape index (κ3) is 4.43. The van der Waals surface area contributed by atoms with Gasteiger partial charge in [0.1, 0.15) is 5.82 Å². The van der Waals surface area contributed by atoms with E-state index in [0.29, 0.717) is 0 Å². The lowest BCUT2D eigenvalue weighted by molar-refractivity contribution is 0.0696. The number of hydrogen-bond donors (Lipinski definition) is 1. The molecular formula is C22H31FO2. The third-order valence-electron chi connectivity index (χ3n) is 6.62. The molecule has 4 atom stereocenters. The number of carbonyl (C=O) groups is 1. The lowest BCUT2D eigenvalue weighted by Crippen LogP contribution is -2.30. The Morgan fingerprint density at radius 3 is 2.60 bits per heavy atom. The summed E-state index contributed by atoms with van der Waals surface area (Å²) in [6.07, 6.45) is 12.8. The van der Waals surface area contributed by atoms with Gasteiger partial charge in [-0.15, -0.1) is 0 Å². The smallest absolute Gasteiger partial charge is 0.335 e. The molecular weight excluding hydrogens is 315 g/mol. The molecule has 1 unspecified atom stereocenters. The summed E-state index contributed by atoms with van der Waals surface area (Å²) in [5.74, 6) is 1.35. The van der Waals surface area contributed by atoms with Crippen molar-refractivity contribution in [2.24, 2.45) is 17.8 Å². The average molecular weight is 346 g/mol. The van der Waals surface area contributed by atoms with E-state index in [1.54, 1.807) is 12.1 Å². The topological polar surface area (TPSA) is 37.3 Å². The molecule has 2 fully saturated rings. The highest BCUT2D eigenvalue weighted by Gasteiger charge is 2.36. The predicted octanol–water partition coefficient (Wildman–Crippen LogP) is 6.40. The summed E-state index contributed by atoms with van der Waals surface area (Å²) in [6, 6.07) is 4.45. The molecule has 0 bridgehead atoms. The van der Waals surface area contributed by atoms with Crippen molar-refractivity contribution in [2.45, 2.75) is 77.0 Å². The maximum atomic E-state index is 14.4. The highest BCUT2D eigenvalue weighted by Crippen LogP contribution is 2.48. The highest BCUT2D eigenvalue weighted by molar-refractivity contribution is 5.87. The predicted molar refractivity (Wildman–Crippen MR) is 98.4 cm³/mol. The molecule has 0 aliphatic heterocycles. The van der Waals surface area contributed by atoms with Gasteiger partial charge in [0.2, 0.25) is 0 Å². The normalized spacial score (nSPS) is 29.2. The average Bonchev–Trinajstić information content (AvgIpc) is 2.61. The lowest BCUT2D eigenvalue weighted by atomic mass is 9.63. The van der Waals surface area contributed by atoms with Gasteiger partial charge in [-0.25, -0.2) is 9.18 Å². The van der Waals surface area contributed by atoms with E-state index in [1.807, 2.05) is 0 Å². The van der Waals surface area contributed by atoms with E-state index >= 15 is 0 Å². The van der Waals surface area contributed by atoms with Crippen LogP contribution in [0.25, 0.3) is 0 Å². The standard InChI is InChI=1S/C22H31FO2/c1-2-3-4-5-15-6-7-17-13-18(9-8-16(17)12-15)20-11-10-19(22(24)25)14-21(20)23/h10-11,14-18H,2-9,12-13H2,1H3,(H,24,25)/t15-,16-,17+,18?/m0/s1. The Bertz CT molecular complexity index is 598. The van der Waals surface area contributed by atoms with Crippen LogP contribution in [0.2, 0.25) is 0 Å². The fraction of sp³-hybridized carbons (Fsp3) is 0.682. The van der Waals surface area contributed by atoms with Crippen LogP contribution >= 0.6 is 0 Å². The van der Waals surface area contributed by atoms with Crippen molar-refractivity contribution >= 4 is 5.97 Å². The van der Waals surface area contributed by atoms with Crippen LogP contribution in [-0.4, -0.2) is 11.1 Å². The number of fused-ring (bicyclic) bond motifs is 1. The maximum absolute atomic E-state index is 14.4. The molecule has 2 saturated carbocycles. The fourth-order valence-corrected chi connectivity index (χ4v) is 5.21. The minimum atomic E-state index is -1.06. The molecule has 1 aromatic rings. The summed E-state index contributed by atoms with van der Waals surface area (Å²) in [6.45, 7) is 2.26. The Hall–Kier alpha value is -1.38. The van der Waals surface area contributed by atoms with E-state index in [-0.39, 0.29) is 17.3 Å². The Morgan fingerprint density at radius 2 is 1.88 bits per heavy atom. The number of aromatic carboxylic acids is 1. The quantitative estimate of drug-likeness (QED) is 0.605. The Morgan fingerprint density at radius 1 is 1.12 bits per heavy atom. The van der Waals surface area contributed by atoms with E-state index in [2.05, 4.69) is 6.92 Å². The number of benzene rings is 1. The van der Waals surface area contributed by atoms with E-state index in [4.69, 9.17) is 5.11 Å². The van der Waals surface area contributed by atoms with Gasteiger partial charge in [-0.1, -0.05) is 45.1 Å². The van der Waals surface area contributed by atoms with Crippen molar-refractivity contribution in [1.82, 2.24) is 0 Å². The zero-order chi connectivity index (χ0) is 17.8. The molecule has 0 aromatic heterocycles. The summed E-state index contributed by atoms with van der Waals surface area (Å²) in [7, 11) is 0. The van der Waals surface area contributed by atoms with Gasteiger partial charge in [-0.05, 0) is 73.5 Å². The molecule has 2 nitrogen and oxygen atoms in total. The molecule has 25 heavy (non-hydrogen) atoms.